The molecule has 2 atom stereocenters. The monoisotopic (exact) mass is 223 g/mol. The van der Waals surface area contributed by atoms with Gasteiger partial charge in [-0.2, -0.15) is 0 Å². The molecule has 1 aromatic rings. The van der Waals surface area contributed by atoms with Crippen LogP contribution >= 0.6 is 0 Å². The third-order valence-corrected chi connectivity index (χ3v) is 3.14. The largest absolute Gasteiger partial charge is 0.493 e. The molecular formula is C12H17NO3. The predicted molar refractivity (Wildman–Crippen MR) is 60.8 cm³/mol. The van der Waals surface area contributed by atoms with Gasteiger partial charge in [-0.3, -0.25) is 0 Å². The number of methoxy groups -OCH3 is 2. The first-order chi connectivity index (χ1) is 7.69. The molecule has 0 aromatic heterocycles. The summed E-state index contributed by atoms with van der Waals surface area (Å²) < 4.78 is 10.6. The van der Waals surface area contributed by atoms with Crippen LogP contribution in [0.3, 0.4) is 0 Å². The molecule has 0 amide bonds. The smallest absolute Gasteiger partial charge is 0.164 e. The Morgan fingerprint density at radius 2 is 2.06 bits per heavy atom. The number of aliphatic hydroxyl groups is 1. The Kier molecular flexibility index (Phi) is 3.03. The predicted octanol–water partition coefficient (Wildman–Crippen LogP) is 1.01. The zero-order valence-electron chi connectivity index (χ0n) is 9.56. The number of fused-ring (bicyclic) bond motifs is 1. The first-order valence-electron chi connectivity index (χ1n) is 5.36. The van der Waals surface area contributed by atoms with Crippen molar-refractivity contribution in [1.29, 1.82) is 0 Å². The summed E-state index contributed by atoms with van der Waals surface area (Å²) in [4.78, 5) is 0. The van der Waals surface area contributed by atoms with Crippen molar-refractivity contribution in [1.82, 2.24) is 0 Å². The van der Waals surface area contributed by atoms with E-state index in [2.05, 4.69) is 0 Å². The van der Waals surface area contributed by atoms with Crippen molar-refractivity contribution in [3.8, 4) is 11.5 Å². The van der Waals surface area contributed by atoms with E-state index in [0.29, 0.717) is 11.5 Å². The number of aliphatic hydroxyl groups excluding tert-OH is 1. The number of benzene rings is 1. The van der Waals surface area contributed by atoms with Crippen LogP contribution in [0.5, 0.6) is 11.5 Å². The van der Waals surface area contributed by atoms with E-state index in [4.69, 9.17) is 15.2 Å². The van der Waals surface area contributed by atoms with E-state index < -0.39 is 6.10 Å². The van der Waals surface area contributed by atoms with Gasteiger partial charge in [-0.05, 0) is 24.5 Å². The van der Waals surface area contributed by atoms with Gasteiger partial charge in [0, 0.05) is 11.6 Å². The molecule has 1 aliphatic rings. The first-order valence-corrected chi connectivity index (χ1v) is 5.36. The first kappa shape index (κ1) is 11.2. The highest BCUT2D eigenvalue weighted by molar-refractivity contribution is 5.52. The number of rotatable bonds is 2. The fourth-order valence-electron chi connectivity index (χ4n) is 2.24. The highest BCUT2D eigenvalue weighted by Gasteiger charge is 2.28. The van der Waals surface area contributed by atoms with Crippen LogP contribution in [0, 0.1) is 0 Å². The molecule has 3 N–H and O–H groups in total. The van der Waals surface area contributed by atoms with Gasteiger partial charge in [0.05, 0.1) is 20.3 Å². The maximum Gasteiger partial charge on any atom is 0.164 e. The Morgan fingerprint density at radius 3 is 2.69 bits per heavy atom. The van der Waals surface area contributed by atoms with Gasteiger partial charge in [0.25, 0.3) is 0 Å². The van der Waals surface area contributed by atoms with E-state index in [9.17, 15) is 5.11 Å². The van der Waals surface area contributed by atoms with Crippen LogP contribution in [0.1, 0.15) is 23.7 Å². The van der Waals surface area contributed by atoms with Crippen molar-refractivity contribution in [3.05, 3.63) is 23.3 Å². The van der Waals surface area contributed by atoms with E-state index in [1.54, 1.807) is 20.3 Å². The lowest BCUT2D eigenvalue weighted by Gasteiger charge is -2.29. The molecule has 0 heterocycles. The van der Waals surface area contributed by atoms with Crippen molar-refractivity contribution in [3.63, 3.8) is 0 Å². The Hall–Kier alpha value is -1.26. The normalized spacial score (nSPS) is 23.8. The molecule has 4 nitrogen and oxygen atoms in total. The van der Waals surface area contributed by atoms with Crippen molar-refractivity contribution < 1.29 is 14.6 Å². The Morgan fingerprint density at radius 1 is 1.31 bits per heavy atom. The second-order valence-corrected chi connectivity index (χ2v) is 4.02. The minimum atomic E-state index is -0.608. The van der Waals surface area contributed by atoms with E-state index >= 15 is 0 Å². The SMILES string of the molecule is COc1ccc2c(c1OC)CCC(N)C2O. The summed E-state index contributed by atoms with van der Waals surface area (Å²) in [5, 5.41) is 9.99. The second-order valence-electron chi connectivity index (χ2n) is 4.02. The molecule has 1 aliphatic carbocycles. The van der Waals surface area contributed by atoms with Crippen LogP contribution in [-0.2, 0) is 6.42 Å². The third kappa shape index (κ3) is 1.64. The summed E-state index contributed by atoms with van der Waals surface area (Å²) >= 11 is 0. The summed E-state index contributed by atoms with van der Waals surface area (Å²) in [7, 11) is 3.22. The molecule has 0 saturated carbocycles. The molecule has 0 saturated heterocycles. The van der Waals surface area contributed by atoms with Crippen LogP contribution < -0.4 is 15.2 Å². The quantitative estimate of drug-likeness (QED) is 0.785. The van der Waals surface area contributed by atoms with Gasteiger partial charge >= 0.3 is 0 Å². The van der Waals surface area contributed by atoms with Crippen molar-refractivity contribution in [2.24, 2.45) is 5.73 Å². The second kappa shape index (κ2) is 4.31. The zero-order valence-corrected chi connectivity index (χ0v) is 9.56. The van der Waals surface area contributed by atoms with Crippen LogP contribution in [0.25, 0.3) is 0 Å². The molecule has 0 fully saturated rings. The van der Waals surface area contributed by atoms with E-state index in [1.165, 1.54) is 0 Å². The molecule has 0 radical (unpaired) electrons. The Bertz CT molecular complexity index is 392. The lowest BCUT2D eigenvalue weighted by atomic mass is 9.85. The molecule has 2 unspecified atom stereocenters. The van der Waals surface area contributed by atoms with Gasteiger partial charge in [0.1, 0.15) is 0 Å². The van der Waals surface area contributed by atoms with Gasteiger partial charge in [-0.1, -0.05) is 6.07 Å². The van der Waals surface area contributed by atoms with E-state index in [0.717, 1.165) is 24.0 Å². The van der Waals surface area contributed by atoms with Crippen LogP contribution in [-0.4, -0.2) is 25.4 Å². The van der Waals surface area contributed by atoms with Gasteiger partial charge < -0.3 is 20.3 Å². The summed E-state index contributed by atoms with van der Waals surface area (Å²) in [5.41, 5.74) is 7.70. The fraction of sp³-hybridized carbons (Fsp3) is 0.500. The maximum atomic E-state index is 9.99. The van der Waals surface area contributed by atoms with Gasteiger partial charge in [0.15, 0.2) is 11.5 Å². The van der Waals surface area contributed by atoms with Crippen molar-refractivity contribution in [2.75, 3.05) is 14.2 Å². The number of hydrogen-bond donors (Lipinski definition) is 2. The Labute approximate surface area is 95.0 Å². The minimum absolute atomic E-state index is 0.189. The lowest BCUT2D eigenvalue weighted by Crippen LogP contribution is -2.33. The Balaban J connectivity index is 2.52. The fourth-order valence-corrected chi connectivity index (χ4v) is 2.24. The molecule has 0 bridgehead atoms. The molecule has 0 aliphatic heterocycles. The van der Waals surface area contributed by atoms with Crippen molar-refractivity contribution >= 4 is 0 Å². The third-order valence-electron chi connectivity index (χ3n) is 3.14. The maximum absolute atomic E-state index is 9.99. The number of hydrogen-bond acceptors (Lipinski definition) is 4. The van der Waals surface area contributed by atoms with Crippen LogP contribution in [0.2, 0.25) is 0 Å². The summed E-state index contributed by atoms with van der Waals surface area (Å²) in [6, 6.07) is 3.48. The lowest BCUT2D eigenvalue weighted by molar-refractivity contribution is 0.132. The zero-order chi connectivity index (χ0) is 11.7. The van der Waals surface area contributed by atoms with Gasteiger partial charge in [-0.25, -0.2) is 0 Å². The average Bonchev–Trinajstić information content (AvgIpc) is 2.32. The van der Waals surface area contributed by atoms with Gasteiger partial charge in [0.2, 0.25) is 0 Å². The molecule has 2 rings (SSSR count). The van der Waals surface area contributed by atoms with Crippen LogP contribution in [0.15, 0.2) is 12.1 Å². The van der Waals surface area contributed by atoms with E-state index in [1.807, 2.05) is 6.07 Å². The highest BCUT2D eigenvalue weighted by Crippen LogP contribution is 2.40. The molecule has 1 aromatic carbocycles. The summed E-state index contributed by atoms with van der Waals surface area (Å²) in [5.74, 6) is 1.41. The van der Waals surface area contributed by atoms with Crippen molar-refractivity contribution in [2.45, 2.75) is 25.0 Å². The molecule has 4 heteroatoms. The number of nitrogens with two attached hydrogens (primary N) is 1. The molecular weight excluding hydrogens is 206 g/mol. The molecule has 16 heavy (non-hydrogen) atoms. The average molecular weight is 223 g/mol. The van der Waals surface area contributed by atoms with Gasteiger partial charge in [-0.15, -0.1) is 0 Å². The molecule has 88 valence electrons. The van der Waals surface area contributed by atoms with E-state index in [-0.39, 0.29) is 6.04 Å². The summed E-state index contributed by atoms with van der Waals surface area (Å²) in [6.45, 7) is 0. The van der Waals surface area contributed by atoms with Crippen LogP contribution in [0.4, 0.5) is 0 Å². The highest BCUT2D eigenvalue weighted by atomic mass is 16.5. The topological polar surface area (TPSA) is 64.7 Å². The molecule has 0 spiro atoms. The standard InChI is InChI=1S/C12H17NO3/c1-15-10-6-4-7-8(12(10)16-2)3-5-9(13)11(7)14/h4,6,9,11,14H,3,5,13H2,1-2H3. The summed E-state index contributed by atoms with van der Waals surface area (Å²) in [6.07, 6.45) is 0.967. The minimum Gasteiger partial charge on any atom is -0.493 e. The number of ether oxygens (including phenoxy) is 2.